The normalized spacial score (nSPS) is 19.4. The first kappa shape index (κ1) is 20.0. The molecule has 0 aromatic carbocycles. The Labute approximate surface area is 169 Å². The van der Waals surface area contributed by atoms with Crippen LogP contribution in [0.15, 0.2) is 29.0 Å². The van der Waals surface area contributed by atoms with Gasteiger partial charge in [-0.3, -0.25) is 9.59 Å². The van der Waals surface area contributed by atoms with Gasteiger partial charge in [0, 0.05) is 29.4 Å². The Morgan fingerprint density at radius 2 is 2.04 bits per heavy atom. The number of nitrogens with one attached hydrogen (secondary N) is 2. The summed E-state index contributed by atoms with van der Waals surface area (Å²) < 4.78 is 0. The third-order valence-corrected chi connectivity index (χ3v) is 6.63. The molecule has 0 aliphatic carbocycles. The van der Waals surface area contributed by atoms with E-state index < -0.39 is 0 Å². The molecule has 3 rings (SSSR count). The minimum Gasteiger partial charge on any atom is -0.350 e. The van der Waals surface area contributed by atoms with Crippen molar-refractivity contribution >= 4 is 34.5 Å². The molecule has 1 aliphatic heterocycles. The molecule has 2 amide bonds. The average Bonchev–Trinajstić information content (AvgIpc) is 3.23. The summed E-state index contributed by atoms with van der Waals surface area (Å²) in [5, 5.41) is 7.16. The fourth-order valence-corrected chi connectivity index (χ4v) is 5.36. The van der Waals surface area contributed by atoms with Crippen molar-refractivity contribution in [2.75, 3.05) is 26.7 Å². The molecule has 0 saturated heterocycles. The van der Waals surface area contributed by atoms with Crippen LogP contribution in [0.5, 0.6) is 0 Å². The second-order valence-electron chi connectivity index (χ2n) is 8.13. The number of fused-ring (bicyclic) bond motifs is 1. The van der Waals surface area contributed by atoms with Gasteiger partial charge in [-0.1, -0.05) is 6.07 Å². The van der Waals surface area contributed by atoms with E-state index >= 15 is 0 Å². The molecule has 2 atom stereocenters. The van der Waals surface area contributed by atoms with Gasteiger partial charge in [-0.15, -0.1) is 22.7 Å². The van der Waals surface area contributed by atoms with Crippen LogP contribution in [0, 0.1) is 0 Å². The quantitative estimate of drug-likeness (QED) is 0.794. The van der Waals surface area contributed by atoms with Crippen molar-refractivity contribution in [2.24, 2.45) is 0 Å². The molecule has 0 saturated carbocycles. The Bertz CT molecular complexity index is 793. The summed E-state index contributed by atoms with van der Waals surface area (Å²) >= 11 is 3.56. The topological polar surface area (TPSA) is 53.9 Å². The summed E-state index contributed by atoms with van der Waals surface area (Å²) in [4.78, 5) is 30.5. The fourth-order valence-electron chi connectivity index (χ4n) is 3.54. The maximum absolute atomic E-state index is 12.8. The molecular weight excluding hydrogens is 378 g/mol. The van der Waals surface area contributed by atoms with E-state index in [0.717, 1.165) is 13.0 Å². The van der Waals surface area contributed by atoms with E-state index in [4.69, 9.17) is 0 Å². The number of likely N-dealkylation sites (N-methyl/N-ethyl adjacent to an activating group) is 1. The minimum atomic E-state index is -0.293. The second kappa shape index (κ2) is 8.12. The zero-order valence-electron chi connectivity index (χ0n) is 16.4. The SMILES string of the molecule is CN(CC(=O)NC(C)(C)C)C(=O)C[NH+]1CCc2sccc2[C@H]1c1cccs1. The number of quaternary nitrogens is 1. The number of rotatable bonds is 5. The van der Waals surface area contributed by atoms with Crippen LogP contribution >= 0.6 is 22.7 Å². The highest BCUT2D eigenvalue weighted by Crippen LogP contribution is 2.31. The van der Waals surface area contributed by atoms with Crippen LogP contribution in [0.2, 0.25) is 0 Å². The molecule has 1 unspecified atom stereocenters. The standard InChI is InChI=1S/C20H27N3O2S2/c1-20(2,3)21-17(24)12-22(4)18(25)13-23-9-7-15-14(8-11-27-15)19(23)16-6-5-10-26-16/h5-6,8,10-11,19H,7,9,12-13H2,1-4H3,(H,21,24)/p+1/t19-/m0/s1. The molecular formula is C20H28N3O2S2+. The lowest BCUT2D eigenvalue weighted by Gasteiger charge is -2.33. The molecule has 1 aliphatic rings. The summed E-state index contributed by atoms with van der Waals surface area (Å²) in [5.41, 5.74) is 1.06. The lowest BCUT2D eigenvalue weighted by atomic mass is 9.98. The molecule has 5 nitrogen and oxygen atoms in total. The molecule has 27 heavy (non-hydrogen) atoms. The molecule has 2 aromatic rings. The lowest BCUT2D eigenvalue weighted by molar-refractivity contribution is -0.919. The van der Waals surface area contributed by atoms with Gasteiger partial charge in [0.15, 0.2) is 6.54 Å². The molecule has 146 valence electrons. The Morgan fingerprint density at radius 3 is 2.70 bits per heavy atom. The van der Waals surface area contributed by atoms with E-state index in [1.165, 1.54) is 20.2 Å². The van der Waals surface area contributed by atoms with E-state index in [0.29, 0.717) is 6.54 Å². The first-order chi connectivity index (χ1) is 12.7. The van der Waals surface area contributed by atoms with Crippen LogP contribution in [0.1, 0.15) is 42.1 Å². The first-order valence-corrected chi connectivity index (χ1v) is 11.0. The molecule has 0 radical (unpaired) electrons. The third-order valence-electron chi connectivity index (χ3n) is 4.70. The summed E-state index contributed by atoms with van der Waals surface area (Å²) in [5.74, 6) is -0.115. The van der Waals surface area contributed by atoms with Crippen molar-refractivity contribution in [1.82, 2.24) is 10.2 Å². The minimum absolute atomic E-state index is 0.00861. The molecule has 0 fully saturated rings. The van der Waals surface area contributed by atoms with Gasteiger partial charge in [-0.05, 0) is 43.7 Å². The highest BCUT2D eigenvalue weighted by Gasteiger charge is 2.35. The van der Waals surface area contributed by atoms with Gasteiger partial charge in [0.25, 0.3) is 5.91 Å². The van der Waals surface area contributed by atoms with Crippen molar-refractivity contribution in [3.8, 4) is 0 Å². The summed E-state index contributed by atoms with van der Waals surface area (Å²) in [6.07, 6.45) is 1.01. The Balaban J connectivity index is 1.68. The number of hydrogen-bond donors (Lipinski definition) is 2. The summed E-state index contributed by atoms with van der Waals surface area (Å²) in [6, 6.07) is 6.64. The van der Waals surface area contributed by atoms with Crippen molar-refractivity contribution in [3.05, 3.63) is 44.3 Å². The predicted octanol–water partition coefficient (Wildman–Crippen LogP) is 1.71. The van der Waals surface area contributed by atoms with Gasteiger partial charge in [0.05, 0.1) is 18.0 Å². The number of carbonyl (C=O) groups excluding carboxylic acids is 2. The predicted molar refractivity (Wildman–Crippen MR) is 110 cm³/mol. The van der Waals surface area contributed by atoms with E-state index in [1.54, 1.807) is 23.3 Å². The molecule has 2 N–H and O–H groups in total. The molecule has 3 heterocycles. The zero-order chi connectivity index (χ0) is 19.6. The number of nitrogens with zero attached hydrogens (tertiary/aromatic N) is 1. The van der Waals surface area contributed by atoms with Crippen LogP contribution in [-0.2, 0) is 16.0 Å². The van der Waals surface area contributed by atoms with E-state index in [9.17, 15) is 9.59 Å². The maximum Gasteiger partial charge on any atom is 0.277 e. The van der Waals surface area contributed by atoms with Gasteiger partial charge < -0.3 is 15.1 Å². The molecule has 0 bridgehead atoms. The van der Waals surface area contributed by atoms with Crippen molar-refractivity contribution in [1.29, 1.82) is 0 Å². The highest BCUT2D eigenvalue weighted by atomic mass is 32.1. The largest absolute Gasteiger partial charge is 0.350 e. The fraction of sp³-hybridized carbons (Fsp3) is 0.500. The number of carbonyl (C=O) groups is 2. The molecule has 0 spiro atoms. The van der Waals surface area contributed by atoms with E-state index in [1.807, 2.05) is 32.1 Å². The van der Waals surface area contributed by atoms with Crippen LogP contribution in [0.4, 0.5) is 0 Å². The van der Waals surface area contributed by atoms with Crippen molar-refractivity contribution in [3.63, 3.8) is 0 Å². The Hall–Kier alpha value is -1.70. The highest BCUT2D eigenvalue weighted by molar-refractivity contribution is 7.10. The first-order valence-electron chi connectivity index (χ1n) is 9.24. The number of thiophene rings is 2. The number of amides is 2. The van der Waals surface area contributed by atoms with Crippen LogP contribution in [-0.4, -0.2) is 48.9 Å². The van der Waals surface area contributed by atoms with Gasteiger partial charge in [0.2, 0.25) is 5.91 Å². The molecule has 7 heteroatoms. The third kappa shape index (κ3) is 4.97. The number of hydrogen-bond acceptors (Lipinski definition) is 4. The van der Waals surface area contributed by atoms with Crippen LogP contribution < -0.4 is 10.2 Å². The monoisotopic (exact) mass is 406 g/mol. The maximum atomic E-state index is 12.8. The summed E-state index contributed by atoms with van der Waals surface area (Å²) in [6.45, 7) is 7.25. The van der Waals surface area contributed by atoms with Gasteiger partial charge in [-0.25, -0.2) is 0 Å². The van der Waals surface area contributed by atoms with Gasteiger partial charge in [0.1, 0.15) is 6.04 Å². The smallest absolute Gasteiger partial charge is 0.277 e. The van der Waals surface area contributed by atoms with Crippen LogP contribution in [0.25, 0.3) is 0 Å². The Morgan fingerprint density at radius 1 is 1.26 bits per heavy atom. The van der Waals surface area contributed by atoms with Crippen LogP contribution in [0.3, 0.4) is 0 Å². The second-order valence-corrected chi connectivity index (χ2v) is 10.1. The van der Waals surface area contributed by atoms with E-state index in [-0.39, 0.29) is 29.9 Å². The summed E-state index contributed by atoms with van der Waals surface area (Å²) in [7, 11) is 1.71. The average molecular weight is 407 g/mol. The zero-order valence-corrected chi connectivity index (χ0v) is 18.0. The van der Waals surface area contributed by atoms with Gasteiger partial charge >= 0.3 is 0 Å². The van der Waals surface area contributed by atoms with Crippen molar-refractivity contribution in [2.45, 2.75) is 38.8 Å². The Kier molecular flexibility index (Phi) is 6.03. The van der Waals surface area contributed by atoms with Gasteiger partial charge in [-0.2, -0.15) is 0 Å². The lowest BCUT2D eigenvalue weighted by Crippen LogP contribution is -3.14. The van der Waals surface area contributed by atoms with Crippen molar-refractivity contribution < 1.29 is 14.5 Å². The molecule has 2 aromatic heterocycles. The van der Waals surface area contributed by atoms with E-state index in [2.05, 4.69) is 34.3 Å².